The van der Waals surface area contributed by atoms with Gasteiger partial charge < -0.3 is 30.5 Å². The number of anilines is 2. The maximum Gasteiger partial charge on any atom is 0.226 e. The van der Waals surface area contributed by atoms with Crippen LogP contribution in [0.4, 0.5) is 11.8 Å². The molecule has 14 nitrogen and oxygen atoms in total. The number of aliphatic hydroxyl groups is 2. The van der Waals surface area contributed by atoms with Crippen LogP contribution in [0, 0.1) is 3.57 Å². The Morgan fingerprint density at radius 1 is 1.13 bits per heavy atom. The van der Waals surface area contributed by atoms with Gasteiger partial charge in [0.15, 0.2) is 29.3 Å². The lowest BCUT2D eigenvalue weighted by Crippen LogP contribution is -2.29. The molecule has 2 aliphatic rings. The topological polar surface area (TPSA) is 164 Å². The Balaban J connectivity index is 1.29. The minimum Gasteiger partial charge on any atom is -0.387 e. The van der Waals surface area contributed by atoms with Gasteiger partial charge >= 0.3 is 0 Å². The van der Waals surface area contributed by atoms with Crippen molar-refractivity contribution in [2.24, 2.45) is 7.05 Å². The number of halogens is 1. The number of fused-ring (bicyclic) bond motifs is 1. The number of nitrogens with one attached hydrogen (secondary N) is 2. The molecule has 2 aliphatic heterocycles. The molecule has 1 aromatic carbocycles. The first-order valence-electron chi connectivity index (χ1n) is 12.9. The van der Waals surface area contributed by atoms with Crippen LogP contribution in [-0.2, 0) is 18.3 Å². The van der Waals surface area contributed by atoms with Crippen LogP contribution in [0.2, 0.25) is 0 Å². The van der Waals surface area contributed by atoms with Crippen molar-refractivity contribution < 1.29 is 14.9 Å². The third-order valence-corrected chi connectivity index (χ3v) is 7.64. The van der Waals surface area contributed by atoms with E-state index >= 15 is 0 Å². The van der Waals surface area contributed by atoms with E-state index in [2.05, 4.69) is 64.6 Å². The molecular weight excluding hydrogens is 617 g/mol. The van der Waals surface area contributed by atoms with Gasteiger partial charge in [-0.15, -0.1) is 10.2 Å². The second-order valence-corrected chi connectivity index (χ2v) is 11.0. The second-order valence-electron chi connectivity index (χ2n) is 9.74. The molecule has 0 aliphatic carbocycles. The fourth-order valence-corrected chi connectivity index (χ4v) is 5.59. The zero-order valence-electron chi connectivity index (χ0n) is 21.4. The summed E-state index contributed by atoms with van der Waals surface area (Å²) in [5, 5.41) is 40.3. The van der Waals surface area contributed by atoms with Gasteiger partial charge in [-0.1, -0.05) is 12.1 Å². The molecular formula is C24H30IN11O3. The molecule has 39 heavy (non-hydrogen) atoms. The molecule has 3 aromatic heterocycles. The highest BCUT2D eigenvalue weighted by Gasteiger charge is 2.47. The van der Waals surface area contributed by atoms with Crippen molar-refractivity contribution in [3.05, 3.63) is 45.6 Å². The van der Waals surface area contributed by atoms with E-state index in [1.54, 1.807) is 11.6 Å². The summed E-state index contributed by atoms with van der Waals surface area (Å²) >= 11 is 2.29. The van der Waals surface area contributed by atoms with Crippen LogP contribution in [0.1, 0.15) is 36.6 Å². The fraction of sp³-hybridized carbons (Fsp3) is 0.500. The first-order chi connectivity index (χ1) is 19.0. The molecule has 6 rings (SSSR count). The Hall–Kier alpha value is -2.99. The van der Waals surface area contributed by atoms with E-state index in [0.29, 0.717) is 36.0 Å². The van der Waals surface area contributed by atoms with E-state index in [9.17, 15) is 10.2 Å². The molecule has 4 N–H and O–H groups in total. The molecule has 0 radical (unpaired) electrons. The number of imidazole rings is 1. The Labute approximate surface area is 237 Å². The standard InChI is InChI=1S/C24H30IN11O3/c1-34-32-21(31-33-34)19-17(37)18(38)23(39-19)36-13-28-16-20(27-12-14-5-4-6-15(25)11-14)29-24(30-22(16)36)26-7-10-35-8-2-3-9-35/h4-6,11,13,17-19,23,37-38H,2-3,7-10,12H2,1H3,(H2,26,27,29,30)/t17-,18+,19-,23+/m0/s1. The Morgan fingerprint density at radius 2 is 1.97 bits per heavy atom. The molecule has 206 valence electrons. The summed E-state index contributed by atoms with van der Waals surface area (Å²) in [4.78, 5) is 17.7. The normalized spacial score (nSPS) is 23.6. The van der Waals surface area contributed by atoms with Crippen molar-refractivity contribution >= 4 is 45.5 Å². The minimum absolute atomic E-state index is 0.190. The quantitative estimate of drug-likeness (QED) is 0.192. The lowest BCUT2D eigenvalue weighted by molar-refractivity contribution is -0.0384. The lowest BCUT2D eigenvalue weighted by Gasteiger charge is -2.18. The van der Waals surface area contributed by atoms with Crippen molar-refractivity contribution in [3.8, 4) is 0 Å². The molecule has 2 fully saturated rings. The van der Waals surface area contributed by atoms with Gasteiger partial charge in [0.1, 0.15) is 12.2 Å². The molecule has 15 heteroatoms. The summed E-state index contributed by atoms with van der Waals surface area (Å²) in [6.45, 7) is 4.35. The fourth-order valence-electron chi connectivity index (χ4n) is 4.99. The molecule has 0 bridgehead atoms. The van der Waals surface area contributed by atoms with Crippen molar-refractivity contribution in [3.63, 3.8) is 0 Å². The predicted molar refractivity (Wildman–Crippen MR) is 150 cm³/mol. The molecule has 4 aromatic rings. The molecule has 4 atom stereocenters. The predicted octanol–water partition coefficient (Wildman–Crippen LogP) is 1.07. The minimum atomic E-state index is -1.26. The highest BCUT2D eigenvalue weighted by Crippen LogP contribution is 2.39. The van der Waals surface area contributed by atoms with Gasteiger partial charge in [-0.2, -0.15) is 14.8 Å². The Bertz CT molecular complexity index is 1440. The van der Waals surface area contributed by atoms with Gasteiger partial charge in [-0.3, -0.25) is 4.57 Å². The third kappa shape index (κ3) is 5.54. The van der Waals surface area contributed by atoms with E-state index in [0.717, 1.165) is 28.8 Å². The highest BCUT2D eigenvalue weighted by molar-refractivity contribution is 14.1. The van der Waals surface area contributed by atoms with Gasteiger partial charge in [0.25, 0.3) is 0 Å². The van der Waals surface area contributed by atoms with Gasteiger partial charge in [-0.05, 0) is 71.4 Å². The maximum absolute atomic E-state index is 10.9. The summed E-state index contributed by atoms with van der Waals surface area (Å²) in [6, 6.07) is 8.21. The van der Waals surface area contributed by atoms with Crippen LogP contribution in [0.25, 0.3) is 11.2 Å². The molecule has 0 spiro atoms. The first-order valence-corrected chi connectivity index (χ1v) is 14.0. The van der Waals surface area contributed by atoms with Crippen LogP contribution in [-0.4, -0.2) is 93.2 Å². The third-order valence-electron chi connectivity index (χ3n) is 6.97. The van der Waals surface area contributed by atoms with E-state index in [-0.39, 0.29) is 5.82 Å². The van der Waals surface area contributed by atoms with Crippen molar-refractivity contribution in [1.82, 2.24) is 44.6 Å². The summed E-state index contributed by atoms with van der Waals surface area (Å²) in [6.07, 6.45) is -0.431. The average Bonchev–Trinajstić information content (AvgIpc) is 3.72. The van der Waals surface area contributed by atoms with Crippen LogP contribution < -0.4 is 10.6 Å². The monoisotopic (exact) mass is 647 g/mol. The number of aryl methyl sites for hydroxylation is 1. The van der Waals surface area contributed by atoms with Crippen LogP contribution in [0.3, 0.4) is 0 Å². The molecule has 0 saturated carbocycles. The van der Waals surface area contributed by atoms with Crippen molar-refractivity contribution in [1.29, 1.82) is 0 Å². The van der Waals surface area contributed by atoms with E-state index < -0.39 is 24.5 Å². The number of hydrogen-bond acceptors (Lipinski definition) is 12. The second kappa shape index (κ2) is 11.2. The van der Waals surface area contributed by atoms with Gasteiger partial charge in [0, 0.05) is 23.2 Å². The van der Waals surface area contributed by atoms with Crippen LogP contribution in [0.5, 0.6) is 0 Å². The largest absolute Gasteiger partial charge is 0.387 e. The number of aliphatic hydroxyl groups excluding tert-OH is 2. The van der Waals surface area contributed by atoms with Crippen LogP contribution in [0.15, 0.2) is 30.6 Å². The Kier molecular flexibility index (Phi) is 7.57. The van der Waals surface area contributed by atoms with Gasteiger partial charge in [-0.25, -0.2) is 4.98 Å². The summed E-state index contributed by atoms with van der Waals surface area (Å²) in [5.41, 5.74) is 2.09. The highest BCUT2D eigenvalue weighted by atomic mass is 127. The SMILES string of the molecule is Cn1nnc([C@H]2O[C@@H](n3cnc4c(NCc5cccc(I)c5)nc(NCCN5CCCC5)nc43)[C@H](O)[C@@H]2O)n1. The lowest BCUT2D eigenvalue weighted by atomic mass is 10.1. The molecule has 2 saturated heterocycles. The molecule has 0 amide bonds. The van der Waals surface area contributed by atoms with Crippen molar-refractivity contribution in [2.75, 3.05) is 36.8 Å². The summed E-state index contributed by atoms with van der Waals surface area (Å²) in [7, 11) is 1.62. The number of benzene rings is 1. The zero-order valence-corrected chi connectivity index (χ0v) is 23.5. The van der Waals surface area contributed by atoms with Crippen LogP contribution >= 0.6 is 22.6 Å². The zero-order chi connectivity index (χ0) is 26.9. The number of hydrogen-bond donors (Lipinski definition) is 4. The molecule has 5 heterocycles. The summed E-state index contributed by atoms with van der Waals surface area (Å²) in [5.74, 6) is 1.19. The van der Waals surface area contributed by atoms with Crippen molar-refractivity contribution in [2.45, 2.75) is 43.9 Å². The number of tetrazole rings is 1. The van der Waals surface area contributed by atoms with Gasteiger partial charge in [0.05, 0.1) is 13.4 Å². The number of aromatic nitrogens is 8. The van der Waals surface area contributed by atoms with E-state index in [1.807, 2.05) is 18.2 Å². The maximum atomic E-state index is 10.9. The number of likely N-dealkylation sites (tertiary alicyclic amines) is 1. The first kappa shape index (κ1) is 26.2. The van der Waals surface area contributed by atoms with E-state index in [1.165, 1.54) is 24.0 Å². The number of ether oxygens (including phenoxy) is 1. The number of rotatable bonds is 9. The van der Waals surface area contributed by atoms with Gasteiger partial charge in [0.2, 0.25) is 11.8 Å². The summed E-state index contributed by atoms with van der Waals surface area (Å²) < 4.78 is 8.80. The average molecular weight is 647 g/mol. The Morgan fingerprint density at radius 3 is 2.74 bits per heavy atom. The molecule has 0 unspecified atom stereocenters. The van der Waals surface area contributed by atoms with E-state index in [4.69, 9.17) is 14.7 Å². The number of nitrogens with zero attached hydrogens (tertiary/aromatic N) is 9. The smallest absolute Gasteiger partial charge is 0.226 e.